The van der Waals surface area contributed by atoms with E-state index in [1.165, 1.54) is 0 Å². The lowest BCUT2D eigenvalue weighted by molar-refractivity contribution is -0.0614. The van der Waals surface area contributed by atoms with Crippen LogP contribution in [0.5, 0.6) is 11.5 Å². The lowest BCUT2D eigenvalue weighted by Crippen LogP contribution is -2.36. The maximum Gasteiger partial charge on any atom is 0.351 e. The molecule has 0 aliphatic carbocycles. The molecule has 144 valence electrons. The molecule has 11 heteroatoms. The number of benzene rings is 2. The van der Waals surface area contributed by atoms with Crippen LogP contribution in [0.4, 0.5) is 18.9 Å². The average molecular weight is 403 g/mol. The van der Waals surface area contributed by atoms with E-state index in [0.29, 0.717) is 0 Å². The first-order chi connectivity index (χ1) is 12.4. The molecular weight excluding hydrogens is 391 g/mol. The van der Waals surface area contributed by atoms with Crippen LogP contribution in [0.3, 0.4) is 0 Å². The summed E-state index contributed by atoms with van der Waals surface area (Å²) in [4.78, 5) is 10.5. The van der Waals surface area contributed by atoms with Crippen molar-refractivity contribution >= 4 is 21.5 Å². The maximum absolute atomic E-state index is 13.9. The van der Waals surface area contributed by atoms with Gasteiger partial charge >= 0.3 is 12.0 Å². The van der Waals surface area contributed by atoms with Gasteiger partial charge in [-0.05, 0) is 24.3 Å². The molecule has 0 unspecified atom stereocenters. The summed E-state index contributed by atoms with van der Waals surface area (Å²) in [5.74, 6) is -2.91. The van der Waals surface area contributed by atoms with Crippen molar-refractivity contribution in [2.45, 2.75) is 17.4 Å². The number of carbonyl (C=O) groups is 1. The first-order valence-corrected chi connectivity index (χ1v) is 9.24. The molecule has 1 aliphatic rings. The Morgan fingerprint density at radius 3 is 2.52 bits per heavy atom. The van der Waals surface area contributed by atoms with E-state index in [2.05, 4.69) is 0 Å². The van der Waals surface area contributed by atoms with Crippen LogP contribution in [0.25, 0.3) is 0 Å². The number of hydrogen-bond acceptors (Lipinski definition) is 6. The molecule has 0 saturated carbocycles. The molecule has 0 fully saturated rings. The Hall–Kier alpha value is -2.79. The largest absolute Gasteiger partial charge is 0.478 e. The second-order valence-corrected chi connectivity index (χ2v) is 7.88. The predicted molar refractivity (Wildman–Crippen MR) is 85.9 cm³/mol. The molecule has 0 aromatic heterocycles. The summed E-state index contributed by atoms with van der Waals surface area (Å²) in [6.45, 7) is 0. The molecule has 7 nitrogen and oxygen atoms in total. The third kappa shape index (κ3) is 3.43. The Bertz CT molecular complexity index is 1050. The van der Waals surface area contributed by atoms with E-state index in [1.54, 1.807) is 0 Å². The van der Waals surface area contributed by atoms with Crippen LogP contribution in [-0.2, 0) is 16.3 Å². The minimum absolute atomic E-state index is 0.268. The number of ether oxygens (including phenoxy) is 1. The summed E-state index contributed by atoms with van der Waals surface area (Å²) < 4.78 is 70.5. The van der Waals surface area contributed by atoms with Crippen LogP contribution < -0.4 is 9.80 Å². The Kier molecular flexibility index (Phi) is 4.31. The number of anilines is 1. The summed E-state index contributed by atoms with van der Waals surface area (Å²) in [5, 5.41) is 18.2. The summed E-state index contributed by atoms with van der Waals surface area (Å²) in [7, 11) is -3.95. The fraction of sp³-hybridized carbons (Fsp3) is 0.188. The third-order valence-electron chi connectivity index (χ3n) is 3.86. The van der Waals surface area contributed by atoms with E-state index in [1.807, 2.05) is 0 Å². The van der Waals surface area contributed by atoms with Crippen molar-refractivity contribution in [2.75, 3.05) is 11.3 Å². The van der Waals surface area contributed by atoms with Crippen LogP contribution >= 0.6 is 0 Å². The monoisotopic (exact) mass is 403 g/mol. The number of halogens is 3. The van der Waals surface area contributed by atoms with Gasteiger partial charge in [0.15, 0.2) is 9.84 Å². The first kappa shape index (κ1) is 19.0. The molecule has 27 heavy (non-hydrogen) atoms. The molecule has 0 amide bonds. The number of aromatic carboxylic acids is 1. The van der Waals surface area contributed by atoms with Gasteiger partial charge in [-0.3, -0.25) is 5.21 Å². The molecule has 2 aromatic carbocycles. The van der Waals surface area contributed by atoms with Crippen molar-refractivity contribution in [1.82, 2.24) is 0 Å². The van der Waals surface area contributed by atoms with Crippen LogP contribution in [0.15, 0.2) is 35.2 Å². The van der Waals surface area contributed by atoms with E-state index < -0.39 is 55.3 Å². The van der Waals surface area contributed by atoms with Crippen LogP contribution in [0, 0.1) is 5.82 Å². The Morgan fingerprint density at radius 1 is 1.26 bits per heavy atom. The van der Waals surface area contributed by atoms with E-state index in [-0.39, 0.29) is 17.1 Å². The lowest BCUT2D eigenvalue weighted by atomic mass is 10.1. The molecule has 0 radical (unpaired) electrons. The molecule has 1 heterocycles. The van der Waals surface area contributed by atoms with Gasteiger partial charge < -0.3 is 9.84 Å². The topological polar surface area (TPSA) is 104 Å². The SMILES string of the molecule is CS(=O)(=O)c1ccc(Oc2cc(F)cc(C(=O)O)c2)c2c1N(O)C(F)(F)C2. The van der Waals surface area contributed by atoms with Crippen LogP contribution in [0.1, 0.15) is 15.9 Å². The number of fused-ring (bicyclic) bond motifs is 1. The molecule has 0 spiro atoms. The highest BCUT2D eigenvalue weighted by molar-refractivity contribution is 7.90. The standard InChI is InChI=1S/C16H12F3NO6S/c1-27(24,25)13-3-2-12(11-7-16(18,19)20(23)14(11)13)26-10-5-8(15(21)22)4-9(17)6-10/h2-6,23H,7H2,1H3,(H,21,22). The molecular formula is C16H12F3NO6S. The lowest BCUT2D eigenvalue weighted by Gasteiger charge is -2.20. The molecule has 2 aromatic rings. The normalized spacial score (nSPS) is 15.5. The van der Waals surface area contributed by atoms with E-state index in [9.17, 15) is 31.6 Å². The van der Waals surface area contributed by atoms with Crippen molar-refractivity contribution < 1.29 is 41.4 Å². The van der Waals surface area contributed by atoms with Crippen LogP contribution in [-0.4, -0.2) is 37.0 Å². The number of rotatable bonds is 4. The minimum Gasteiger partial charge on any atom is -0.478 e. The second kappa shape index (κ2) is 6.13. The number of hydroxylamine groups is 1. The highest BCUT2D eigenvalue weighted by Crippen LogP contribution is 2.48. The maximum atomic E-state index is 13.9. The van der Waals surface area contributed by atoms with Crippen molar-refractivity contribution in [3.63, 3.8) is 0 Å². The smallest absolute Gasteiger partial charge is 0.351 e. The van der Waals surface area contributed by atoms with Gasteiger partial charge in [0.1, 0.15) is 17.3 Å². The van der Waals surface area contributed by atoms with Gasteiger partial charge in [-0.1, -0.05) is 0 Å². The van der Waals surface area contributed by atoms with Gasteiger partial charge in [0.2, 0.25) is 0 Å². The third-order valence-corrected chi connectivity index (χ3v) is 4.99. The van der Waals surface area contributed by atoms with Gasteiger partial charge in [0.25, 0.3) is 0 Å². The van der Waals surface area contributed by atoms with Crippen molar-refractivity contribution in [1.29, 1.82) is 0 Å². The average Bonchev–Trinajstić information content (AvgIpc) is 2.77. The summed E-state index contributed by atoms with van der Waals surface area (Å²) >= 11 is 0. The minimum atomic E-state index is -3.95. The molecule has 3 rings (SSSR count). The molecule has 0 bridgehead atoms. The van der Waals surface area contributed by atoms with Gasteiger partial charge in [0, 0.05) is 17.9 Å². The fourth-order valence-electron chi connectivity index (χ4n) is 2.72. The number of sulfone groups is 1. The van der Waals surface area contributed by atoms with Crippen molar-refractivity contribution in [3.05, 3.63) is 47.3 Å². The first-order valence-electron chi connectivity index (χ1n) is 7.35. The quantitative estimate of drug-likeness (QED) is 0.756. The number of carboxylic acids is 1. The van der Waals surface area contributed by atoms with Crippen molar-refractivity contribution in [3.8, 4) is 11.5 Å². The molecule has 1 aliphatic heterocycles. The van der Waals surface area contributed by atoms with Gasteiger partial charge in [-0.2, -0.15) is 13.8 Å². The fourth-order valence-corrected chi connectivity index (χ4v) is 3.59. The molecule has 0 saturated heterocycles. The van der Waals surface area contributed by atoms with E-state index in [4.69, 9.17) is 9.84 Å². The number of alkyl halides is 2. The Morgan fingerprint density at radius 2 is 1.93 bits per heavy atom. The molecule has 0 atom stereocenters. The van der Waals surface area contributed by atoms with E-state index >= 15 is 0 Å². The molecule has 2 N–H and O–H groups in total. The van der Waals surface area contributed by atoms with Crippen molar-refractivity contribution in [2.24, 2.45) is 0 Å². The second-order valence-electron chi connectivity index (χ2n) is 5.90. The predicted octanol–water partition coefficient (Wildman–Crippen LogP) is 3.06. The summed E-state index contributed by atoms with van der Waals surface area (Å²) in [5.41, 5.74) is -1.38. The van der Waals surface area contributed by atoms with Gasteiger partial charge in [-0.25, -0.2) is 17.6 Å². The summed E-state index contributed by atoms with van der Waals surface area (Å²) in [6.07, 6.45) is -0.266. The number of carboxylic acid groups (broad SMARTS) is 1. The number of hydrogen-bond donors (Lipinski definition) is 2. The zero-order chi connectivity index (χ0) is 20.1. The van der Waals surface area contributed by atoms with E-state index in [0.717, 1.165) is 36.6 Å². The highest BCUT2D eigenvalue weighted by Gasteiger charge is 2.48. The summed E-state index contributed by atoms with van der Waals surface area (Å²) in [6, 6.07) is 0.825. The van der Waals surface area contributed by atoms with Crippen LogP contribution in [0.2, 0.25) is 0 Å². The number of nitrogens with zero attached hydrogens (tertiary/aromatic N) is 1. The van der Waals surface area contributed by atoms with Gasteiger partial charge in [-0.15, -0.1) is 0 Å². The Labute approximate surface area is 151 Å². The zero-order valence-corrected chi connectivity index (χ0v) is 14.4. The Balaban J connectivity index is 2.14. The zero-order valence-electron chi connectivity index (χ0n) is 13.6. The van der Waals surface area contributed by atoms with Gasteiger partial charge in [0.05, 0.1) is 22.6 Å². The highest BCUT2D eigenvalue weighted by atomic mass is 32.2.